The second-order valence-corrected chi connectivity index (χ2v) is 6.28. The Morgan fingerprint density at radius 3 is 2.15 bits per heavy atom. The Balaban J connectivity index is 1.75. The fraction of sp³-hybridized carbons (Fsp3) is 0.0500. The van der Waals surface area contributed by atoms with E-state index >= 15 is 0 Å². The van der Waals surface area contributed by atoms with Crippen LogP contribution in [0.5, 0.6) is 0 Å². The first-order chi connectivity index (χ1) is 12.9. The summed E-state index contributed by atoms with van der Waals surface area (Å²) in [4.78, 5) is 28.7. The molecule has 3 rings (SSSR count). The zero-order chi connectivity index (χ0) is 19.4. The molecule has 0 saturated carbocycles. The molecule has 2 aromatic carbocycles. The van der Waals surface area contributed by atoms with Crippen LogP contribution < -0.4 is 10.6 Å². The average Bonchev–Trinajstić information content (AvgIpc) is 2.65. The lowest BCUT2D eigenvalue weighted by Crippen LogP contribution is -2.16. The lowest BCUT2D eigenvalue weighted by molar-refractivity contribution is 0.102. The van der Waals surface area contributed by atoms with Gasteiger partial charge < -0.3 is 10.6 Å². The van der Waals surface area contributed by atoms with Crippen molar-refractivity contribution in [3.05, 3.63) is 88.5 Å². The van der Waals surface area contributed by atoms with Gasteiger partial charge in [0.25, 0.3) is 11.8 Å². The number of aromatic nitrogens is 1. The minimum Gasteiger partial charge on any atom is -0.322 e. The van der Waals surface area contributed by atoms with E-state index in [9.17, 15) is 14.0 Å². The van der Waals surface area contributed by atoms with Gasteiger partial charge in [0, 0.05) is 23.8 Å². The van der Waals surface area contributed by atoms with Crippen molar-refractivity contribution in [2.24, 2.45) is 0 Å². The largest absolute Gasteiger partial charge is 0.322 e. The number of carbonyl (C=O) groups excluding carboxylic acids is 2. The molecule has 2 amide bonds. The molecule has 0 aliphatic rings. The number of halogens is 2. The molecule has 5 nitrogen and oxygen atoms in total. The lowest BCUT2D eigenvalue weighted by atomic mass is 10.1. The highest BCUT2D eigenvalue weighted by atomic mass is 35.5. The minimum absolute atomic E-state index is 0.0998. The number of carbonyl (C=O) groups is 2. The van der Waals surface area contributed by atoms with E-state index in [4.69, 9.17) is 11.6 Å². The van der Waals surface area contributed by atoms with E-state index in [1.165, 1.54) is 30.6 Å². The summed E-state index contributed by atoms with van der Waals surface area (Å²) >= 11 is 5.71. The second kappa shape index (κ2) is 7.97. The Morgan fingerprint density at radius 2 is 1.56 bits per heavy atom. The zero-order valence-electron chi connectivity index (χ0n) is 14.3. The van der Waals surface area contributed by atoms with Gasteiger partial charge in [-0.15, -0.1) is 0 Å². The molecule has 0 unspecified atom stereocenters. The predicted molar refractivity (Wildman–Crippen MR) is 103 cm³/mol. The number of aryl methyl sites for hydroxylation is 1. The molecular formula is C20H15ClFN3O2. The van der Waals surface area contributed by atoms with Crippen molar-refractivity contribution >= 4 is 34.8 Å². The quantitative estimate of drug-likeness (QED) is 0.686. The highest BCUT2D eigenvalue weighted by molar-refractivity contribution is 6.31. The Kier molecular flexibility index (Phi) is 5.47. The monoisotopic (exact) mass is 383 g/mol. The Hall–Kier alpha value is -3.25. The number of pyridine rings is 1. The van der Waals surface area contributed by atoms with Gasteiger partial charge in [0.2, 0.25) is 0 Å². The maximum Gasteiger partial charge on any atom is 0.257 e. The molecule has 0 bridgehead atoms. The van der Waals surface area contributed by atoms with Gasteiger partial charge in [-0.25, -0.2) is 4.39 Å². The summed E-state index contributed by atoms with van der Waals surface area (Å²) in [5, 5.41) is 5.25. The number of amides is 2. The van der Waals surface area contributed by atoms with Gasteiger partial charge in [0.1, 0.15) is 5.82 Å². The van der Waals surface area contributed by atoms with Gasteiger partial charge in [-0.05, 0) is 48.9 Å². The number of nitrogens with zero attached hydrogens (tertiary/aromatic N) is 1. The van der Waals surface area contributed by atoms with Gasteiger partial charge in [-0.3, -0.25) is 14.6 Å². The van der Waals surface area contributed by atoms with Gasteiger partial charge in [-0.1, -0.05) is 23.7 Å². The van der Waals surface area contributed by atoms with Crippen LogP contribution in [0, 0.1) is 12.7 Å². The van der Waals surface area contributed by atoms with Crippen LogP contribution in [0.15, 0.2) is 60.9 Å². The number of benzene rings is 2. The van der Waals surface area contributed by atoms with Crippen molar-refractivity contribution in [3.8, 4) is 0 Å². The molecule has 0 aliphatic heterocycles. The minimum atomic E-state index is -0.578. The summed E-state index contributed by atoms with van der Waals surface area (Å²) in [5.74, 6) is -1.45. The molecule has 1 heterocycles. The molecule has 136 valence electrons. The van der Waals surface area contributed by atoms with Crippen molar-refractivity contribution in [3.63, 3.8) is 0 Å². The summed E-state index contributed by atoms with van der Waals surface area (Å²) < 4.78 is 13.2. The van der Waals surface area contributed by atoms with Crippen molar-refractivity contribution in [1.29, 1.82) is 0 Å². The number of hydrogen-bond acceptors (Lipinski definition) is 3. The van der Waals surface area contributed by atoms with Crippen LogP contribution in [0.3, 0.4) is 0 Å². The molecular weight excluding hydrogens is 369 g/mol. The third-order valence-electron chi connectivity index (χ3n) is 3.72. The zero-order valence-corrected chi connectivity index (χ0v) is 15.0. The smallest absolute Gasteiger partial charge is 0.257 e. The summed E-state index contributed by atoms with van der Waals surface area (Å²) in [6.45, 7) is 1.92. The Bertz CT molecular complexity index is 1020. The molecule has 3 aromatic rings. The number of hydrogen-bond donors (Lipinski definition) is 2. The van der Waals surface area contributed by atoms with Crippen LogP contribution in [0.1, 0.15) is 26.3 Å². The fourth-order valence-corrected chi connectivity index (χ4v) is 2.57. The molecule has 27 heavy (non-hydrogen) atoms. The molecule has 2 N–H and O–H groups in total. The Morgan fingerprint density at radius 1 is 0.926 bits per heavy atom. The molecule has 0 radical (unpaired) electrons. The van der Waals surface area contributed by atoms with Crippen LogP contribution in [-0.4, -0.2) is 16.8 Å². The van der Waals surface area contributed by atoms with E-state index < -0.39 is 11.7 Å². The van der Waals surface area contributed by atoms with Crippen LogP contribution in [0.4, 0.5) is 15.8 Å². The van der Waals surface area contributed by atoms with E-state index in [1.54, 1.807) is 6.07 Å². The number of nitrogens with one attached hydrogen (secondary N) is 2. The van der Waals surface area contributed by atoms with E-state index in [2.05, 4.69) is 15.6 Å². The van der Waals surface area contributed by atoms with Crippen molar-refractivity contribution in [1.82, 2.24) is 4.98 Å². The molecule has 0 fully saturated rings. The molecule has 0 saturated heterocycles. The summed E-state index contributed by atoms with van der Waals surface area (Å²) in [6, 6.07) is 12.6. The van der Waals surface area contributed by atoms with Crippen LogP contribution in [0.2, 0.25) is 5.02 Å². The fourth-order valence-electron chi connectivity index (χ4n) is 2.39. The van der Waals surface area contributed by atoms with Crippen LogP contribution in [0.25, 0.3) is 0 Å². The van der Waals surface area contributed by atoms with E-state index in [0.29, 0.717) is 11.4 Å². The number of anilines is 2. The standard InChI is InChI=1S/C20H15ClFN3O2/c1-12-3-2-4-15(7-12)24-19(26)13-8-14(11-23-10-13)20(27)25-16-5-6-18(22)17(21)9-16/h2-11H,1H3,(H,24,26)(H,25,27). The van der Waals surface area contributed by atoms with Crippen LogP contribution in [-0.2, 0) is 0 Å². The first-order valence-corrected chi connectivity index (χ1v) is 8.39. The van der Waals surface area contributed by atoms with Gasteiger partial charge in [0.05, 0.1) is 16.1 Å². The Labute approximate surface area is 160 Å². The lowest BCUT2D eigenvalue weighted by Gasteiger charge is -2.08. The maximum atomic E-state index is 13.2. The number of rotatable bonds is 4. The van der Waals surface area contributed by atoms with Crippen LogP contribution >= 0.6 is 11.6 Å². The predicted octanol–water partition coefficient (Wildman–Crippen LogP) is 4.69. The first kappa shape index (κ1) is 18.5. The van der Waals surface area contributed by atoms with Crippen molar-refractivity contribution in [2.75, 3.05) is 10.6 Å². The van der Waals surface area contributed by atoms with E-state index in [1.807, 2.05) is 25.1 Å². The van der Waals surface area contributed by atoms with Crippen molar-refractivity contribution < 1.29 is 14.0 Å². The normalized spacial score (nSPS) is 10.3. The topological polar surface area (TPSA) is 71.1 Å². The molecule has 0 aliphatic carbocycles. The second-order valence-electron chi connectivity index (χ2n) is 5.87. The van der Waals surface area contributed by atoms with Gasteiger partial charge in [-0.2, -0.15) is 0 Å². The maximum absolute atomic E-state index is 13.2. The third kappa shape index (κ3) is 4.68. The molecule has 0 atom stereocenters. The first-order valence-electron chi connectivity index (χ1n) is 8.02. The summed E-state index contributed by atoms with van der Waals surface area (Å²) in [7, 11) is 0. The molecule has 0 spiro atoms. The summed E-state index contributed by atoms with van der Waals surface area (Å²) in [6.07, 6.45) is 2.71. The highest BCUT2D eigenvalue weighted by Crippen LogP contribution is 2.20. The summed E-state index contributed by atoms with van der Waals surface area (Å²) in [5.41, 5.74) is 2.42. The SMILES string of the molecule is Cc1cccc(NC(=O)c2cncc(C(=O)Nc3ccc(F)c(Cl)c3)c2)c1. The van der Waals surface area contributed by atoms with E-state index in [-0.39, 0.29) is 22.1 Å². The van der Waals surface area contributed by atoms with E-state index in [0.717, 1.165) is 11.6 Å². The van der Waals surface area contributed by atoms with Gasteiger partial charge >= 0.3 is 0 Å². The third-order valence-corrected chi connectivity index (χ3v) is 4.01. The van der Waals surface area contributed by atoms with Crippen molar-refractivity contribution in [2.45, 2.75) is 6.92 Å². The molecule has 7 heteroatoms. The molecule has 1 aromatic heterocycles. The highest BCUT2D eigenvalue weighted by Gasteiger charge is 2.13. The van der Waals surface area contributed by atoms with Gasteiger partial charge in [0.15, 0.2) is 0 Å². The average molecular weight is 384 g/mol.